The van der Waals surface area contributed by atoms with E-state index < -0.39 is 0 Å². The van der Waals surface area contributed by atoms with Gasteiger partial charge in [-0.25, -0.2) is 4.98 Å². The van der Waals surface area contributed by atoms with Gasteiger partial charge in [0.05, 0.1) is 12.2 Å². The minimum Gasteiger partial charge on any atom is -0.350 e. The van der Waals surface area contributed by atoms with Gasteiger partial charge < -0.3 is 10.3 Å². The second-order valence-electron chi connectivity index (χ2n) is 3.54. The summed E-state index contributed by atoms with van der Waals surface area (Å²) in [5, 5.41) is 3.19. The fourth-order valence-electron chi connectivity index (χ4n) is 1.37. The summed E-state index contributed by atoms with van der Waals surface area (Å²) >= 11 is 0. The molecule has 0 radical (unpaired) electrons. The first-order valence-electron chi connectivity index (χ1n) is 4.91. The van der Waals surface area contributed by atoms with Crippen molar-refractivity contribution in [1.82, 2.24) is 15.0 Å². The molecule has 15 heavy (non-hydrogen) atoms. The maximum Gasteiger partial charge on any atom is 0.200 e. The zero-order valence-corrected chi connectivity index (χ0v) is 8.91. The van der Waals surface area contributed by atoms with Crippen molar-refractivity contribution in [3.05, 3.63) is 41.5 Å². The molecule has 0 amide bonds. The number of aryl methyl sites for hydroxylation is 2. The predicted octanol–water partition coefficient (Wildman–Crippen LogP) is 2.03. The molecule has 0 aliphatic rings. The third kappa shape index (κ3) is 2.34. The molecule has 0 unspecified atom stereocenters. The maximum atomic E-state index is 4.30. The molecule has 2 rings (SSSR count). The molecule has 0 atom stereocenters. The van der Waals surface area contributed by atoms with Crippen molar-refractivity contribution in [1.29, 1.82) is 0 Å². The lowest BCUT2D eigenvalue weighted by Crippen LogP contribution is -2.04. The second-order valence-corrected chi connectivity index (χ2v) is 3.54. The van der Waals surface area contributed by atoms with Gasteiger partial charge in [0.2, 0.25) is 5.95 Å². The van der Waals surface area contributed by atoms with E-state index in [4.69, 9.17) is 0 Å². The molecule has 4 heteroatoms. The van der Waals surface area contributed by atoms with Gasteiger partial charge in [0.15, 0.2) is 0 Å². The van der Waals surface area contributed by atoms with Gasteiger partial charge in [-0.3, -0.25) is 4.98 Å². The summed E-state index contributed by atoms with van der Waals surface area (Å²) in [4.78, 5) is 11.6. The zero-order chi connectivity index (χ0) is 10.7. The minimum absolute atomic E-state index is 0.694. The SMILES string of the molecule is Cc1cnc(NCc2ncccc2C)[nH]1. The number of H-pyrrole nitrogens is 1. The Morgan fingerprint density at radius 1 is 1.33 bits per heavy atom. The molecule has 2 aromatic rings. The lowest BCUT2D eigenvalue weighted by atomic mass is 10.2. The molecule has 0 aromatic carbocycles. The number of nitrogens with one attached hydrogen (secondary N) is 2. The number of hydrogen-bond acceptors (Lipinski definition) is 3. The van der Waals surface area contributed by atoms with E-state index in [9.17, 15) is 0 Å². The molecule has 2 aromatic heterocycles. The van der Waals surface area contributed by atoms with Crippen LogP contribution in [-0.4, -0.2) is 15.0 Å². The quantitative estimate of drug-likeness (QED) is 0.800. The first-order valence-corrected chi connectivity index (χ1v) is 4.91. The van der Waals surface area contributed by atoms with Crippen LogP contribution in [0.15, 0.2) is 24.5 Å². The number of rotatable bonds is 3. The van der Waals surface area contributed by atoms with Crippen molar-refractivity contribution < 1.29 is 0 Å². The number of aromatic amines is 1. The average molecular weight is 202 g/mol. The Hall–Kier alpha value is -1.84. The summed E-state index contributed by atoms with van der Waals surface area (Å²) in [5.41, 5.74) is 3.29. The summed E-state index contributed by atoms with van der Waals surface area (Å²) < 4.78 is 0. The van der Waals surface area contributed by atoms with Crippen LogP contribution < -0.4 is 5.32 Å². The van der Waals surface area contributed by atoms with Gasteiger partial charge in [0.1, 0.15) is 0 Å². The van der Waals surface area contributed by atoms with Crippen molar-refractivity contribution >= 4 is 5.95 Å². The molecular formula is C11H14N4. The Morgan fingerprint density at radius 3 is 2.87 bits per heavy atom. The first-order chi connectivity index (χ1) is 7.25. The van der Waals surface area contributed by atoms with Crippen LogP contribution >= 0.6 is 0 Å². The number of nitrogens with zero attached hydrogens (tertiary/aromatic N) is 2. The molecule has 0 aliphatic heterocycles. The number of pyridine rings is 1. The van der Waals surface area contributed by atoms with Crippen LogP contribution in [0.4, 0.5) is 5.95 Å². The smallest absolute Gasteiger partial charge is 0.200 e. The number of aromatic nitrogens is 3. The normalized spacial score (nSPS) is 10.3. The third-order valence-electron chi connectivity index (χ3n) is 2.24. The largest absolute Gasteiger partial charge is 0.350 e. The maximum absolute atomic E-state index is 4.30. The van der Waals surface area contributed by atoms with Crippen LogP contribution in [0, 0.1) is 13.8 Å². The van der Waals surface area contributed by atoms with Gasteiger partial charge >= 0.3 is 0 Å². The number of imidazole rings is 1. The van der Waals surface area contributed by atoms with E-state index in [1.165, 1.54) is 5.56 Å². The second kappa shape index (κ2) is 4.13. The van der Waals surface area contributed by atoms with Gasteiger partial charge in [-0.2, -0.15) is 0 Å². The Balaban J connectivity index is 2.02. The van der Waals surface area contributed by atoms with E-state index in [2.05, 4.69) is 33.3 Å². The van der Waals surface area contributed by atoms with Gasteiger partial charge in [0.25, 0.3) is 0 Å². The minimum atomic E-state index is 0.694. The number of hydrogen-bond donors (Lipinski definition) is 2. The van der Waals surface area contributed by atoms with Crippen LogP contribution in [0.3, 0.4) is 0 Å². The number of anilines is 1. The van der Waals surface area contributed by atoms with E-state index in [1.807, 2.05) is 13.0 Å². The van der Waals surface area contributed by atoms with Crippen molar-refractivity contribution in [2.45, 2.75) is 20.4 Å². The van der Waals surface area contributed by atoms with Crippen molar-refractivity contribution in [2.75, 3.05) is 5.32 Å². The molecule has 0 bridgehead atoms. The summed E-state index contributed by atoms with van der Waals surface area (Å²) in [7, 11) is 0. The van der Waals surface area contributed by atoms with Gasteiger partial charge in [-0.05, 0) is 25.5 Å². The van der Waals surface area contributed by atoms with Crippen LogP contribution in [0.5, 0.6) is 0 Å². The molecule has 2 N–H and O–H groups in total. The van der Waals surface area contributed by atoms with E-state index in [1.54, 1.807) is 12.4 Å². The van der Waals surface area contributed by atoms with E-state index in [0.717, 1.165) is 17.3 Å². The van der Waals surface area contributed by atoms with Crippen molar-refractivity contribution in [2.24, 2.45) is 0 Å². The molecule has 0 spiro atoms. The van der Waals surface area contributed by atoms with Gasteiger partial charge in [0, 0.05) is 18.1 Å². The molecule has 2 heterocycles. The van der Waals surface area contributed by atoms with Gasteiger partial charge in [-0.15, -0.1) is 0 Å². The van der Waals surface area contributed by atoms with Crippen LogP contribution in [0.25, 0.3) is 0 Å². The van der Waals surface area contributed by atoms with Crippen LogP contribution in [0.1, 0.15) is 17.0 Å². The average Bonchev–Trinajstić information content (AvgIpc) is 2.63. The van der Waals surface area contributed by atoms with Crippen molar-refractivity contribution in [3.63, 3.8) is 0 Å². The molecule has 78 valence electrons. The third-order valence-corrected chi connectivity index (χ3v) is 2.24. The fourth-order valence-corrected chi connectivity index (χ4v) is 1.37. The summed E-state index contributed by atoms with van der Waals surface area (Å²) in [6, 6.07) is 3.99. The monoisotopic (exact) mass is 202 g/mol. The molecule has 4 nitrogen and oxygen atoms in total. The summed E-state index contributed by atoms with van der Waals surface area (Å²) in [6.07, 6.45) is 3.60. The highest BCUT2D eigenvalue weighted by Crippen LogP contribution is 2.06. The highest BCUT2D eigenvalue weighted by Gasteiger charge is 2.00. The molecule has 0 saturated carbocycles. The molecule has 0 saturated heterocycles. The fraction of sp³-hybridized carbons (Fsp3) is 0.273. The Morgan fingerprint density at radius 2 is 2.20 bits per heavy atom. The lowest BCUT2D eigenvalue weighted by molar-refractivity contribution is 0.995. The predicted molar refractivity (Wildman–Crippen MR) is 59.6 cm³/mol. The zero-order valence-electron chi connectivity index (χ0n) is 8.91. The summed E-state index contributed by atoms with van der Waals surface area (Å²) in [6.45, 7) is 4.72. The summed E-state index contributed by atoms with van der Waals surface area (Å²) in [5.74, 6) is 0.789. The Bertz CT molecular complexity index is 447. The standard InChI is InChI=1S/C11H14N4/c1-8-4-3-5-12-10(8)7-14-11-13-6-9(2)15-11/h3-6H,7H2,1-2H3,(H2,13,14,15). The Labute approximate surface area is 88.8 Å². The Kier molecular flexibility index (Phi) is 2.67. The van der Waals surface area contributed by atoms with E-state index >= 15 is 0 Å². The topological polar surface area (TPSA) is 53.6 Å². The van der Waals surface area contributed by atoms with Gasteiger partial charge in [-0.1, -0.05) is 6.07 Å². The highest BCUT2D eigenvalue weighted by atomic mass is 15.1. The van der Waals surface area contributed by atoms with E-state index in [-0.39, 0.29) is 0 Å². The first kappa shape index (κ1) is 9.71. The van der Waals surface area contributed by atoms with E-state index in [0.29, 0.717) is 6.54 Å². The highest BCUT2D eigenvalue weighted by molar-refractivity contribution is 5.29. The molecule has 0 aliphatic carbocycles. The van der Waals surface area contributed by atoms with Crippen LogP contribution in [0.2, 0.25) is 0 Å². The lowest BCUT2D eigenvalue weighted by Gasteiger charge is -2.04. The van der Waals surface area contributed by atoms with Crippen LogP contribution in [-0.2, 0) is 6.54 Å². The molecular weight excluding hydrogens is 188 g/mol. The van der Waals surface area contributed by atoms with Crippen molar-refractivity contribution in [3.8, 4) is 0 Å². The molecule has 0 fully saturated rings.